The molecule has 0 radical (unpaired) electrons. The number of para-hydroxylation sites is 1. The molecule has 6 nitrogen and oxygen atoms in total. The number of rotatable bonds is 5. The Hall–Kier alpha value is -3.64. The average Bonchev–Trinajstić information content (AvgIpc) is 2.73. The Morgan fingerprint density at radius 1 is 1.07 bits per heavy atom. The van der Waals surface area contributed by atoms with Gasteiger partial charge in [-0.1, -0.05) is 29.8 Å². The van der Waals surface area contributed by atoms with Crippen LogP contribution in [0.25, 0.3) is 11.0 Å². The molecule has 29 heavy (non-hydrogen) atoms. The zero-order valence-electron chi connectivity index (χ0n) is 15.1. The SMILES string of the molecule is O=C(O)c1cn(Cc2ccccc2Oc2ccc(Cl)cc2)c2cccnc2c1=O. The summed E-state index contributed by atoms with van der Waals surface area (Å²) < 4.78 is 7.68. The summed E-state index contributed by atoms with van der Waals surface area (Å²) in [5, 5.41) is 10.0. The van der Waals surface area contributed by atoms with Crippen LogP contribution in [0.1, 0.15) is 15.9 Å². The standard InChI is InChI=1S/C22H15ClN2O4/c23-15-7-9-16(10-8-15)29-19-6-2-1-4-14(19)12-25-13-17(22(27)28)21(26)20-18(25)5-3-11-24-20/h1-11,13H,12H2,(H,27,28). The highest BCUT2D eigenvalue weighted by Crippen LogP contribution is 2.27. The van der Waals surface area contributed by atoms with Gasteiger partial charge in [0.2, 0.25) is 5.43 Å². The lowest BCUT2D eigenvalue weighted by Gasteiger charge is -2.15. The quantitative estimate of drug-likeness (QED) is 0.524. The van der Waals surface area contributed by atoms with Gasteiger partial charge in [-0.25, -0.2) is 4.79 Å². The lowest BCUT2D eigenvalue weighted by atomic mass is 10.1. The van der Waals surface area contributed by atoms with E-state index >= 15 is 0 Å². The van der Waals surface area contributed by atoms with Gasteiger partial charge in [-0.2, -0.15) is 0 Å². The van der Waals surface area contributed by atoms with Crippen LogP contribution in [0.2, 0.25) is 5.02 Å². The molecule has 0 aliphatic carbocycles. The lowest BCUT2D eigenvalue weighted by molar-refractivity contribution is 0.0695. The number of aromatic carboxylic acids is 1. The van der Waals surface area contributed by atoms with E-state index in [1.54, 1.807) is 41.0 Å². The van der Waals surface area contributed by atoms with E-state index in [1.165, 1.54) is 12.4 Å². The van der Waals surface area contributed by atoms with Crippen molar-refractivity contribution in [1.29, 1.82) is 0 Å². The first-order chi connectivity index (χ1) is 14.0. The predicted molar refractivity (Wildman–Crippen MR) is 110 cm³/mol. The maximum absolute atomic E-state index is 12.4. The summed E-state index contributed by atoms with van der Waals surface area (Å²) in [5.74, 6) is -0.0519. The van der Waals surface area contributed by atoms with Crippen molar-refractivity contribution in [2.75, 3.05) is 0 Å². The van der Waals surface area contributed by atoms with Gasteiger partial charge >= 0.3 is 5.97 Å². The van der Waals surface area contributed by atoms with Gasteiger partial charge in [-0.3, -0.25) is 9.78 Å². The zero-order chi connectivity index (χ0) is 20.4. The average molecular weight is 407 g/mol. The largest absolute Gasteiger partial charge is 0.477 e. The Morgan fingerprint density at radius 3 is 2.59 bits per heavy atom. The molecule has 2 aromatic carbocycles. The van der Waals surface area contributed by atoms with Crippen LogP contribution in [0.5, 0.6) is 11.5 Å². The molecular weight excluding hydrogens is 392 g/mol. The molecule has 1 N–H and O–H groups in total. The van der Waals surface area contributed by atoms with Crippen molar-refractivity contribution < 1.29 is 14.6 Å². The molecule has 4 rings (SSSR count). The Kier molecular flexibility index (Phi) is 5.01. The fraction of sp³-hybridized carbons (Fsp3) is 0.0455. The van der Waals surface area contributed by atoms with Crippen molar-refractivity contribution in [2.24, 2.45) is 0 Å². The van der Waals surface area contributed by atoms with Crippen LogP contribution < -0.4 is 10.2 Å². The van der Waals surface area contributed by atoms with Crippen molar-refractivity contribution in [2.45, 2.75) is 6.54 Å². The van der Waals surface area contributed by atoms with Crippen LogP contribution in [-0.2, 0) is 6.54 Å². The summed E-state index contributed by atoms with van der Waals surface area (Å²) in [4.78, 5) is 28.0. The smallest absolute Gasteiger partial charge is 0.341 e. The molecule has 0 unspecified atom stereocenters. The summed E-state index contributed by atoms with van der Waals surface area (Å²) in [5.41, 5.74) is 0.544. The number of nitrogens with zero attached hydrogens (tertiary/aromatic N) is 2. The molecule has 2 heterocycles. The number of hydrogen-bond acceptors (Lipinski definition) is 4. The molecule has 0 saturated heterocycles. The minimum absolute atomic E-state index is 0.114. The number of carbonyl (C=O) groups is 1. The molecule has 0 saturated carbocycles. The zero-order valence-corrected chi connectivity index (χ0v) is 15.8. The fourth-order valence-electron chi connectivity index (χ4n) is 3.05. The second-order valence-corrected chi connectivity index (χ2v) is 6.78. The van der Waals surface area contributed by atoms with Gasteiger partial charge in [0.05, 0.1) is 12.1 Å². The van der Waals surface area contributed by atoms with Crippen molar-refractivity contribution in [1.82, 2.24) is 9.55 Å². The number of hydrogen-bond donors (Lipinski definition) is 1. The van der Waals surface area contributed by atoms with Gasteiger partial charge in [0.15, 0.2) is 0 Å². The molecule has 0 spiro atoms. The normalized spacial score (nSPS) is 10.8. The van der Waals surface area contributed by atoms with Crippen LogP contribution in [0.15, 0.2) is 77.9 Å². The van der Waals surface area contributed by atoms with Gasteiger partial charge < -0.3 is 14.4 Å². The first kappa shape index (κ1) is 18.7. The minimum atomic E-state index is -1.29. The molecule has 0 atom stereocenters. The summed E-state index contributed by atoms with van der Waals surface area (Å²) in [7, 11) is 0. The number of aromatic nitrogens is 2. The summed E-state index contributed by atoms with van der Waals surface area (Å²) >= 11 is 5.92. The van der Waals surface area contributed by atoms with E-state index in [9.17, 15) is 14.7 Å². The van der Waals surface area contributed by atoms with Crippen molar-refractivity contribution in [3.05, 3.63) is 99.4 Å². The number of carboxylic acids is 1. The maximum Gasteiger partial charge on any atom is 0.341 e. The molecule has 0 bridgehead atoms. The third-order valence-corrected chi connectivity index (χ3v) is 4.68. The van der Waals surface area contributed by atoms with E-state index < -0.39 is 11.4 Å². The fourth-order valence-corrected chi connectivity index (χ4v) is 3.17. The van der Waals surface area contributed by atoms with Gasteiger partial charge in [0, 0.05) is 23.0 Å². The Balaban J connectivity index is 1.78. The second kappa shape index (κ2) is 7.77. The molecule has 0 amide bonds. The van der Waals surface area contributed by atoms with E-state index in [0.717, 1.165) is 5.56 Å². The van der Waals surface area contributed by atoms with Gasteiger partial charge in [0.1, 0.15) is 22.6 Å². The molecular formula is C22H15ClN2O4. The van der Waals surface area contributed by atoms with E-state index in [4.69, 9.17) is 16.3 Å². The molecule has 2 aromatic heterocycles. The van der Waals surface area contributed by atoms with Crippen LogP contribution in [0.3, 0.4) is 0 Å². The highest BCUT2D eigenvalue weighted by molar-refractivity contribution is 6.30. The number of pyridine rings is 2. The topological polar surface area (TPSA) is 81.4 Å². The van der Waals surface area contributed by atoms with E-state index in [1.807, 2.05) is 24.3 Å². The third-order valence-electron chi connectivity index (χ3n) is 4.43. The van der Waals surface area contributed by atoms with Crippen LogP contribution >= 0.6 is 11.6 Å². The van der Waals surface area contributed by atoms with Crippen LogP contribution in [0, 0.1) is 0 Å². The number of halogens is 1. The van der Waals surface area contributed by atoms with Crippen LogP contribution in [0.4, 0.5) is 0 Å². The maximum atomic E-state index is 12.4. The van der Waals surface area contributed by atoms with Gasteiger partial charge in [-0.15, -0.1) is 0 Å². The van der Waals surface area contributed by atoms with Crippen molar-refractivity contribution in [3.63, 3.8) is 0 Å². The third kappa shape index (κ3) is 3.83. The monoisotopic (exact) mass is 406 g/mol. The molecule has 144 valence electrons. The molecule has 0 fully saturated rings. The molecule has 0 aliphatic rings. The number of benzene rings is 2. The first-order valence-electron chi connectivity index (χ1n) is 8.76. The second-order valence-electron chi connectivity index (χ2n) is 6.34. The number of carboxylic acid groups (broad SMARTS) is 1. The minimum Gasteiger partial charge on any atom is -0.477 e. The van der Waals surface area contributed by atoms with E-state index in [0.29, 0.717) is 28.6 Å². The van der Waals surface area contributed by atoms with E-state index in [-0.39, 0.29) is 11.1 Å². The summed E-state index contributed by atoms with van der Waals surface area (Å²) in [6.07, 6.45) is 2.81. The van der Waals surface area contributed by atoms with Crippen molar-refractivity contribution in [3.8, 4) is 11.5 Å². The van der Waals surface area contributed by atoms with Gasteiger partial charge in [0.25, 0.3) is 0 Å². The highest BCUT2D eigenvalue weighted by atomic mass is 35.5. The van der Waals surface area contributed by atoms with Crippen LogP contribution in [-0.4, -0.2) is 20.6 Å². The molecule has 7 heteroatoms. The molecule has 0 aliphatic heterocycles. The number of fused-ring (bicyclic) bond motifs is 1. The predicted octanol–water partition coefficient (Wildman–Crippen LogP) is 4.59. The summed E-state index contributed by atoms with van der Waals surface area (Å²) in [6, 6.07) is 17.9. The molecule has 4 aromatic rings. The number of ether oxygens (including phenoxy) is 1. The van der Waals surface area contributed by atoms with Gasteiger partial charge in [-0.05, 0) is 42.5 Å². The Labute approximate surface area is 170 Å². The Morgan fingerprint density at radius 2 is 1.83 bits per heavy atom. The Bertz CT molecular complexity index is 1270. The lowest BCUT2D eigenvalue weighted by Crippen LogP contribution is -2.20. The van der Waals surface area contributed by atoms with Crippen molar-refractivity contribution >= 4 is 28.6 Å². The first-order valence-corrected chi connectivity index (χ1v) is 9.13. The summed E-state index contributed by atoms with van der Waals surface area (Å²) in [6.45, 7) is 0.298. The highest BCUT2D eigenvalue weighted by Gasteiger charge is 2.16. The van der Waals surface area contributed by atoms with E-state index in [2.05, 4.69) is 4.98 Å².